The van der Waals surface area contributed by atoms with E-state index in [2.05, 4.69) is 34.8 Å². The molecular weight excluding hydrogens is 568 g/mol. The van der Waals surface area contributed by atoms with E-state index in [-0.39, 0.29) is 12.2 Å². The Morgan fingerprint density at radius 1 is 1.16 bits per heavy atom. The van der Waals surface area contributed by atoms with Crippen molar-refractivity contribution >= 4 is 39.3 Å². The van der Waals surface area contributed by atoms with Crippen LogP contribution in [0.2, 0.25) is 0 Å². The van der Waals surface area contributed by atoms with E-state index >= 15 is 0 Å². The van der Waals surface area contributed by atoms with Crippen molar-refractivity contribution in [3.05, 3.63) is 88.5 Å². The van der Waals surface area contributed by atoms with Gasteiger partial charge in [-0.1, -0.05) is 65.4 Å². The van der Waals surface area contributed by atoms with Crippen molar-refractivity contribution in [1.29, 1.82) is 0 Å². The van der Waals surface area contributed by atoms with Gasteiger partial charge in [0.1, 0.15) is 0 Å². The van der Waals surface area contributed by atoms with Gasteiger partial charge >= 0.3 is 5.97 Å². The molecule has 9 heteroatoms. The average Bonchev–Trinajstić information content (AvgIpc) is 3.19. The summed E-state index contributed by atoms with van der Waals surface area (Å²) in [7, 11) is 1.58. The van der Waals surface area contributed by atoms with Crippen molar-refractivity contribution in [2.45, 2.75) is 46.6 Å². The maximum atomic E-state index is 13.9. The molecule has 0 spiro atoms. The average molecular weight is 600 g/mol. The zero-order valence-corrected chi connectivity index (χ0v) is 24.7. The van der Waals surface area contributed by atoms with Gasteiger partial charge in [0, 0.05) is 4.47 Å². The molecule has 3 aromatic rings. The Morgan fingerprint density at radius 2 is 1.87 bits per heavy atom. The van der Waals surface area contributed by atoms with Gasteiger partial charge in [0.2, 0.25) is 0 Å². The van der Waals surface area contributed by atoms with E-state index in [9.17, 15) is 9.59 Å². The molecule has 200 valence electrons. The highest BCUT2D eigenvalue weighted by Gasteiger charge is 2.33. The number of hydrogen-bond donors (Lipinski definition) is 0. The molecule has 0 saturated heterocycles. The normalized spacial score (nSPS) is 15.4. The van der Waals surface area contributed by atoms with Crippen LogP contribution in [-0.4, -0.2) is 30.9 Å². The number of halogens is 1. The van der Waals surface area contributed by atoms with Gasteiger partial charge in [0.05, 0.1) is 42.2 Å². The first-order valence-corrected chi connectivity index (χ1v) is 14.1. The van der Waals surface area contributed by atoms with Gasteiger partial charge in [0.25, 0.3) is 5.56 Å². The quantitative estimate of drug-likeness (QED) is 0.337. The predicted octanol–water partition coefficient (Wildman–Crippen LogP) is 5.09. The molecule has 0 radical (unpaired) electrons. The number of ether oxygens (including phenoxy) is 3. The number of nitrogens with zero attached hydrogens (tertiary/aromatic N) is 2. The molecule has 1 aliphatic heterocycles. The molecule has 2 heterocycles. The lowest BCUT2D eigenvalue weighted by molar-refractivity contribution is -0.139. The van der Waals surface area contributed by atoms with E-state index in [4.69, 9.17) is 14.2 Å². The summed E-state index contributed by atoms with van der Waals surface area (Å²) in [5, 5.41) is 0. The fourth-order valence-corrected chi connectivity index (χ4v) is 5.87. The molecule has 0 aliphatic carbocycles. The number of aromatic nitrogens is 1. The lowest BCUT2D eigenvalue weighted by Gasteiger charge is -2.25. The van der Waals surface area contributed by atoms with Gasteiger partial charge in [-0.25, -0.2) is 9.79 Å². The Labute approximate surface area is 234 Å². The molecule has 1 aromatic heterocycles. The first-order valence-electron chi connectivity index (χ1n) is 12.5. The molecule has 0 fully saturated rings. The summed E-state index contributed by atoms with van der Waals surface area (Å²) >= 11 is 4.87. The molecule has 0 N–H and O–H groups in total. The second-order valence-electron chi connectivity index (χ2n) is 9.08. The number of rotatable bonds is 8. The van der Waals surface area contributed by atoms with Crippen LogP contribution in [0.25, 0.3) is 6.08 Å². The van der Waals surface area contributed by atoms with Crippen molar-refractivity contribution in [2.75, 3.05) is 20.3 Å². The van der Waals surface area contributed by atoms with Crippen LogP contribution >= 0.6 is 27.3 Å². The molecule has 0 amide bonds. The SMILES string of the molecule is CCOC(=O)C1=C(C)N=c2s/c(=C/c3cc(OCC)c(OC)cc3Br)c(=O)n2[C@@H]1c1ccc(C(C)C)cc1. The Kier molecular flexibility index (Phi) is 8.57. The van der Waals surface area contributed by atoms with E-state index in [0.717, 1.165) is 15.6 Å². The maximum absolute atomic E-state index is 13.9. The molecule has 1 atom stereocenters. The highest BCUT2D eigenvalue weighted by Crippen LogP contribution is 2.34. The van der Waals surface area contributed by atoms with Crippen LogP contribution < -0.4 is 24.4 Å². The Morgan fingerprint density at radius 3 is 2.47 bits per heavy atom. The van der Waals surface area contributed by atoms with Gasteiger partial charge in [-0.15, -0.1) is 0 Å². The fourth-order valence-electron chi connectivity index (χ4n) is 4.40. The number of esters is 1. The zero-order valence-electron chi connectivity index (χ0n) is 22.3. The van der Waals surface area contributed by atoms with Crippen molar-refractivity contribution in [1.82, 2.24) is 4.57 Å². The minimum absolute atomic E-state index is 0.229. The minimum atomic E-state index is -0.646. The lowest BCUT2D eigenvalue weighted by atomic mass is 9.93. The predicted molar refractivity (Wildman–Crippen MR) is 153 cm³/mol. The third-order valence-corrected chi connectivity index (χ3v) is 7.97. The van der Waals surface area contributed by atoms with Gasteiger partial charge < -0.3 is 14.2 Å². The summed E-state index contributed by atoms with van der Waals surface area (Å²) < 4.78 is 19.4. The molecule has 0 unspecified atom stereocenters. The Balaban J connectivity index is 1.93. The summed E-state index contributed by atoms with van der Waals surface area (Å²) in [4.78, 5) is 32.2. The fraction of sp³-hybridized carbons (Fsp3) is 0.345. The molecule has 0 saturated carbocycles. The van der Waals surface area contributed by atoms with Crippen molar-refractivity contribution in [3.8, 4) is 11.5 Å². The first-order chi connectivity index (χ1) is 18.2. The number of carbonyl (C=O) groups is 1. The zero-order chi connectivity index (χ0) is 27.6. The second kappa shape index (κ2) is 11.7. The van der Waals surface area contributed by atoms with E-state index < -0.39 is 12.0 Å². The monoisotopic (exact) mass is 598 g/mol. The van der Waals surface area contributed by atoms with Gasteiger partial charge in [0.15, 0.2) is 16.3 Å². The van der Waals surface area contributed by atoms with Crippen molar-refractivity contribution < 1.29 is 19.0 Å². The summed E-state index contributed by atoms with van der Waals surface area (Å²) in [6, 6.07) is 11.0. The number of allylic oxidation sites excluding steroid dienone is 1. The lowest BCUT2D eigenvalue weighted by Crippen LogP contribution is -2.39. The molecule has 38 heavy (non-hydrogen) atoms. The topological polar surface area (TPSA) is 79.1 Å². The van der Waals surface area contributed by atoms with Crippen LogP contribution in [-0.2, 0) is 9.53 Å². The summed E-state index contributed by atoms with van der Waals surface area (Å²) in [6.07, 6.45) is 1.80. The second-order valence-corrected chi connectivity index (χ2v) is 10.9. The minimum Gasteiger partial charge on any atom is -0.493 e. The molecule has 4 rings (SSSR count). The maximum Gasteiger partial charge on any atom is 0.338 e. The number of thiazole rings is 1. The van der Waals surface area contributed by atoms with E-state index in [1.54, 1.807) is 31.6 Å². The molecule has 7 nitrogen and oxygen atoms in total. The summed E-state index contributed by atoms with van der Waals surface area (Å²) in [6.45, 7) is 10.4. The first kappa shape index (κ1) is 27.9. The highest BCUT2D eigenvalue weighted by molar-refractivity contribution is 9.10. The number of methoxy groups -OCH3 is 1. The van der Waals surface area contributed by atoms with Gasteiger partial charge in [-0.05, 0) is 61.6 Å². The van der Waals surface area contributed by atoms with Gasteiger partial charge in [-0.3, -0.25) is 9.36 Å². The summed E-state index contributed by atoms with van der Waals surface area (Å²) in [5.41, 5.74) is 3.43. The van der Waals surface area contributed by atoms with Crippen LogP contribution in [0.3, 0.4) is 0 Å². The highest BCUT2D eigenvalue weighted by atomic mass is 79.9. The van der Waals surface area contributed by atoms with Crippen molar-refractivity contribution in [2.24, 2.45) is 4.99 Å². The van der Waals surface area contributed by atoms with Crippen LogP contribution in [0.15, 0.2) is 61.9 Å². The van der Waals surface area contributed by atoms with Crippen LogP contribution in [0.5, 0.6) is 11.5 Å². The summed E-state index contributed by atoms with van der Waals surface area (Å²) in [5.74, 6) is 1.07. The van der Waals surface area contributed by atoms with Crippen LogP contribution in [0.1, 0.15) is 63.3 Å². The number of benzene rings is 2. The van der Waals surface area contributed by atoms with E-state index in [0.29, 0.717) is 44.6 Å². The molecule has 2 aromatic carbocycles. The van der Waals surface area contributed by atoms with Crippen LogP contribution in [0, 0.1) is 0 Å². The third-order valence-electron chi connectivity index (χ3n) is 6.31. The largest absolute Gasteiger partial charge is 0.493 e. The van der Waals surface area contributed by atoms with E-state index in [1.807, 2.05) is 43.3 Å². The Hall–Kier alpha value is -3.17. The number of fused-ring (bicyclic) bond motifs is 1. The number of carbonyl (C=O) groups excluding carboxylic acids is 1. The van der Waals surface area contributed by atoms with Crippen molar-refractivity contribution in [3.63, 3.8) is 0 Å². The molecular formula is C29H31BrN2O5S. The molecule has 1 aliphatic rings. The smallest absolute Gasteiger partial charge is 0.338 e. The third kappa shape index (κ3) is 5.35. The molecule has 0 bridgehead atoms. The van der Waals surface area contributed by atoms with E-state index in [1.165, 1.54) is 16.9 Å². The Bertz CT molecular complexity index is 1570. The number of hydrogen-bond acceptors (Lipinski definition) is 7. The van der Waals surface area contributed by atoms with Crippen LogP contribution in [0.4, 0.5) is 0 Å². The standard InChI is InChI=1S/C29H31BrN2O5S/c1-7-36-23-13-20(21(30)15-22(23)35-6)14-24-27(33)32-26(19-11-9-18(10-12-19)16(3)4)25(28(34)37-8-2)17(5)31-29(32)38-24/h9-16,26H,7-8H2,1-6H3/b24-14+/t26-/m1/s1. The van der Waals surface area contributed by atoms with Gasteiger partial charge in [-0.2, -0.15) is 0 Å².